The molecule has 0 radical (unpaired) electrons. The highest BCUT2D eigenvalue weighted by Gasteiger charge is 2.06. The largest absolute Gasteiger partial charge is 0.480 e. The van der Waals surface area contributed by atoms with Gasteiger partial charge in [-0.25, -0.2) is 9.97 Å². The van der Waals surface area contributed by atoms with Gasteiger partial charge >= 0.3 is 5.97 Å². The number of aromatic nitrogens is 3. The first kappa shape index (κ1) is 11.7. The molecule has 0 aliphatic heterocycles. The molecular weight excluding hydrogens is 264 g/mol. The number of fused-ring (bicyclic) bond motifs is 1. The van der Waals surface area contributed by atoms with Crippen molar-refractivity contribution in [3.05, 3.63) is 29.8 Å². The quantitative estimate of drug-likeness (QED) is 0.678. The SMILES string of the molecule is O=C(O)CNc1nc2ccc(-c3nccs3)cc2[nH]1. The number of anilines is 1. The zero-order valence-electron chi connectivity index (χ0n) is 9.75. The summed E-state index contributed by atoms with van der Waals surface area (Å²) in [6.07, 6.45) is 1.76. The molecule has 96 valence electrons. The Labute approximate surface area is 112 Å². The van der Waals surface area contributed by atoms with Crippen LogP contribution in [0.1, 0.15) is 0 Å². The van der Waals surface area contributed by atoms with E-state index in [2.05, 4.69) is 20.3 Å². The van der Waals surface area contributed by atoms with Gasteiger partial charge in [0, 0.05) is 17.1 Å². The number of carbonyl (C=O) groups is 1. The van der Waals surface area contributed by atoms with Gasteiger partial charge in [-0.1, -0.05) is 0 Å². The van der Waals surface area contributed by atoms with E-state index in [-0.39, 0.29) is 6.54 Å². The molecule has 3 rings (SSSR count). The van der Waals surface area contributed by atoms with E-state index in [1.165, 1.54) is 0 Å². The van der Waals surface area contributed by atoms with Gasteiger partial charge in [0.15, 0.2) is 0 Å². The van der Waals surface area contributed by atoms with Gasteiger partial charge < -0.3 is 15.4 Å². The Morgan fingerprint density at radius 3 is 3.11 bits per heavy atom. The number of H-pyrrole nitrogens is 1. The minimum atomic E-state index is -0.927. The van der Waals surface area contributed by atoms with E-state index in [1.54, 1.807) is 17.5 Å². The lowest BCUT2D eigenvalue weighted by Gasteiger charge is -1.96. The Bertz CT molecular complexity index is 720. The van der Waals surface area contributed by atoms with E-state index < -0.39 is 5.97 Å². The first-order chi connectivity index (χ1) is 9.22. The van der Waals surface area contributed by atoms with Crippen LogP contribution in [0.25, 0.3) is 21.6 Å². The van der Waals surface area contributed by atoms with Crippen molar-refractivity contribution in [2.45, 2.75) is 0 Å². The van der Waals surface area contributed by atoms with Gasteiger partial charge in [-0.05, 0) is 18.2 Å². The minimum Gasteiger partial charge on any atom is -0.480 e. The Kier molecular flexibility index (Phi) is 2.88. The summed E-state index contributed by atoms with van der Waals surface area (Å²) in [7, 11) is 0. The number of aliphatic carboxylic acids is 1. The van der Waals surface area contributed by atoms with Gasteiger partial charge in [-0.15, -0.1) is 11.3 Å². The molecule has 3 N–H and O–H groups in total. The fraction of sp³-hybridized carbons (Fsp3) is 0.0833. The van der Waals surface area contributed by atoms with Crippen LogP contribution >= 0.6 is 11.3 Å². The van der Waals surface area contributed by atoms with Gasteiger partial charge in [0.05, 0.1) is 11.0 Å². The summed E-state index contributed by atoms with van der Waals surface area (Å²) in [5.41, 5.74) is 2.64. The van der Waals surface area contributed by atoms with Gasteiger partial charge in [-0.2, -0.15) is 0 Å². The second-order valence-corrected chi connectivity index (χ2v) is 4.80. The van der Waals surface area contributed by atoms with Crippen molar-refractivity contribution >= 4 is 34.3 Å². The van der Waals surface area contributed by atoms with Crippen molar-refractivity contribution < 1.29 is 9.90 Å². The number of carboxylic acid groups (broad SMARTS) is 1. The lowest BCUT2D eigenvalue weighted by Crippen LogP contribution is -2.12. The molecule has 0 aliphatic rings. The Hall–Kier alpha value is -2.41. The number of imidazole rings is 1. The molecule has 3 aromatic rings. The van der Waals surface area contributed by atoms with Crippen molar-refractivity contribution in [2.24, 2.45) is 0 Å². The van der Waals surface area contributed by atoms with Crippen LogP contribution in [0.4, 0.5) is 5.95 Å². The molecular formula is C12H10N4O2S. The van der Waals surface area contributed by atoms with Crippen LogP contribution in [0.3, 0.4) is 0 Å². The number of hydrogen-bond acceptors (Lipinski definition) is 5. The van der Waals surface area contributed by atoms with Crippen molar-refractivity contribution in [1.82, 2.24) is 15.0 Å². The predicted molar refractivity (Wildman–Crippen MR) is 73.3 cm³/mol. The molecule has 19 heavy (non-hydrogen) atoms. The molecule has 0 bridgehead atoms. The predicted octanol–water partition coefficient (Wildman–Crippen LogP) is 2.18. The number of benzene rings is 1. The molecule has 0 saturated heterocycles. The number of nitrogens with one attached hydrogen (secondary N) is 2. The normalized spacial score (nSPS) is 10.7. The van der Waals surface area contributed by atoms with Gasteiger partial charge in [0.1, 0.15) is 11.6 Å². The lowest BCUT2D eigenvalue weighted by molar-refractivity contribution is -0.134. The zero-order valence-corrected chi connectivity index (χ0v) is 10.6. The standard InChI is InChI=1S/C12H10N4O2S/c17-10(18)6-14-12-15-8-2-1-7(5-9(8)16-12)11-13-3-4-19-11/h1-5H,6H2,(H,17,18)(H2,14,15,16). The minimum absolute atomic E-state index is 0.168. The number of thiazole rings is 1. The molecule has 0 amide bonds. The van der Waals surface area contributed by atoms with Crippen LogP contribution in [0.5, 0.6) is 0 Å². The molecule has 0 saturated carbocycles. The third-order valence-corrected chi connectivity index (χ3v) is 3.39. The summed E-state index contributed by atoms with van der Waals surface area (Å²) in [6, 6.07) is 5.78. The monoisotopic (exact) mass is 274 g/mol. The average Bonchev–Trinajstić information content (AvgIpc) is 3.04. The summed E-state index contributed by atoms with van der Waals surface area (Å²) in [5, 5.41) is 14.2. The summed E-state index contributed by atoms with van der Waals surface area (Å²) in [4.78, 5) is 22.0. The third kappa shape index (κ3) is 2.41. The van der Waals surface area contributed by atoms with Gasteiger partial charge in [0.25, 0.3) is 0 Å². The zero-order chi connectivity index (χ0) is 13.2. The fourth-order valence-corrected chi connectivity index (χ4v) is 2.39. The first-order valence-electron chi connectivity index (χ1n) is 5.58. The van der Waals surface area contributed by atoms with E-state index >= 15 is 0 Å². The topological polar surface area (TPSA) is 90.9 Å². The highest BCUT2D eigenvalue weighted by Crippen LogP contribution is 2.25. The first-order valence-corrected chi connectivity index (χ1v) is 6.45. The van der Waals surface area contributed by atoms with E-state index in [0.717, 1.165) is 21.6 Å². The van der Waals surface area contributed by atoms with Crippen LogP contribution in [-0.4, -0.2) is 32.6 Å². The maximum atomic E-state index is 10.5. The van der Waals surface area contributed by atoms with Crippen molar-refractivity contribution in [3.63, 3.8) is 0 Å². The second kappa shape index (κ2) is 4.69. The Morgan fingerprint density at radius 2 is 2.37 bits per heavy atom. The number of rotatable bonds is 4. The van der Waals surface area contributed by atoms with Crippen LogP contribution in [-0.2, 0) is 4.79 Å². The fourth-order valence-electron chi connectivity index (χ4n) is 1.75. The van der Waals surface area contributed by atoms with E-state index in [9.17, 15) is 4.79 Å². The van der Waals surface area contributed by atoms with Crippen LogP contribution in [0.2, 0.25) is 0 Å². The van der Waals surface area contributed by atoms with Crippen molar-refractivity contribution in [1.29, 1.82) is 0 Å². The third-order valence-electron chi connectivity index (χ3n) is 2.57. The molecule has 0 unspecified atom stereocenters. The van der Waals surface area contributed by atoms with Crippen LogP contribution in [0.15, 0.2) is 29.8 Å². The molecule has 7 heteroatoms. The highest BCUT2D eigenvalue weighted by atomic mass is 32.1. The van der Waals surface area contributed by atoms with Crippen molar-refractivity contribution in [3.8, 4) is 10.6 Å². The van der Waals surface area contributed by atoms with Crippen LogP contribution < -0.4 is 5.32 Å². The van der Waals surface area contributed by atoms with E-state index in [1.807, 2.05) is 23.6 Å². The molecule has 1 aromatic carbocycles. The molecule has 2 heterocycles. The Balaban J connectivity index is 1.93. The molecule has 2 aromatic heterocycles. The maximum Gasteiger partial charge on any atom is 0.322 e. The number of nitrogens with zero attached hydrogens (tertiary/aromatic N) is 2. The number of hydrogen-bond donors (Lipinski definition) is 3. The van der Waals surface area contributed by atoms with E-state index in [0.29, 0.717) is 5.95 Å². The molecule has 6 nitrogen and oxygen atoms in total. The van der Waals surface area contributed by atoms with Gasteiger partial charge in [0.2, 0.25) is 5.95 Å². The lowest BCUT2D eigenvalue weighted by atomic mass is 10.2. The van der Waals surface area contributed by atoms with Gasteiger partial charge in [-0.3, -0.25) is 4.79 Å². The number of carboxylic acids is 1. The van der Waals surface area contributed by atoms with Crippen LogP contribution in [0, 0.1) is 0 Å². The molecule has 0 spiro atoms. The summed E-state index contributed by atoms with van der Waals surface area (Å²) in [6.45, 7) is -0.168. The Morgan fingerprint density at radius 1 is 1.47 bits per heavy atom. The number of aromatic amines is 1. The summed E-state index contributed by atoms with van der Waals surface area (Å²) < 4.78 is 0. The summed E-state index contributed by atoms with van der Waals surface area (Å²) in [5.74, 6) is -0.474. The maximum absolute atomic E-state index is 10.5. The molecule has 0 fully saturated rings. The highest BCUT2D eigenvalue weighted by molar-refractivity contribution is 7.13. The average molecular weight is 274 g/mol. The smallest absolute Gasteiger partial charge is 0.322 e. The van der Waals surface area contributed by atoms with Crippen molar-refractivity contribution in [2.75, 3.05) is 11.9 Å². The summed E-state index contributed by atoms with van der Waals surface area (Å²) >= 11 is 1.57. The van der Waals surface area contributed by atoms with E-state index in [4.69, 9.17) is 5.11 Å². The second-order valence-electron chi connectivity index (χ2n) is 3.90. The molecule has 0 aliphatic carbocycles. The molecule has 0 atom stereocenters.